The lowest BCUT2D eigenvalue weighted by Gasteiger charge is -2.24. The predicted molar refractivity (Wildman–Crippen MR) is 99.8 cm³/mol. The van der Waals surface area contributed by atoms with Crippen LogP contribution >= 0.6 is 11.3 Å². The fraction of sp³-hybridized carbons (Fsp3) is 0.368. The molecule has 0 atom stereocenters. The van der Waals surface area contributed by atoms with E-state index < -0.39 is 0 Å². The molecule has 4 nitrogen and oxygen atoms in total. The molecule has 0 aliphatic heterocycles. The minimum absolute atomic E-state index is 0.0381. The highest BCUT2D eigenvalue weighted by Crippen LogP contribution is 2.25. The molecule has 5 heteroatoms. The minimum Gasteiger partial charge on any atom is -0.350 e. The number of hydrogen-bond acceptors (Lipinski definition) is 3. The van der Waals surface area contributed by atoms with Crippen molar-refractivity contribution in [3.05, 3.63) is 52.2 Å². The number of thiophene rings is 1. The molecule has 1 aromatic heterocycles. The standard InChI is InChI=1S/C19H24N2O2S/c1-14(22)21(12-11-20-18(23)17-6-5-13-24-17)16-9-7-15(8-10-16)19(2,3)4/h5-10,13H,11-12H2,1-4H3,(H,20,23). The monoisotopic (exact) mass is 344 g/mol. The van der Waals surface area contributed by atoms with Crippen LogP contribution in [-0.2, 0) is 10.2 Å². The highest BCUT2D eigenvalue weighted by atomic mass is 32.1. The molecule has 0 fully saturated rings. The molecule has 2 amide bonds. The third-order valence-corrected chi connectivity index (χ3v) is 4.66. The number of nitrogens with one attached hydrogen (secondary N) is 1. The third-order valence-electron chi connectivity index (χ3n) is 3.79. The second kappa shape index (κ2) is 7.62. The van der Waals surface area contributed by atoms with Gasteiger partial charge in [0.2, 0.25) is 5.91 Å². The first-order valence-electron chi connectivity index (χ1n) is 7.99. The molecule has 2 rings (SSSR count). The predicted octanol–water partition coefficient (Wildman–Crippen LogP) is 3.83. The lowest BCUT2D eigenvalue weighted by molar-refractivity contribution is -0.116. The van der Waals surface area contributed by atoms with E-state index in [1.807, 2.05) is 23.6 Å². The number of rotatable bonds is 5. The van der Waals surface area contributed by atoms with Crippen LogP contribution in [0.5, 0.6) is 0 Å². The topological polar surface area (TPSA) is 49.4 Å². The summed E-state index contributed by atoms with van der Waals surface area (Å²) in [6, 6.07) is 11.7. The number of anilines is 1. The molecule has 0 aliphatic rings. The van der Waals surface area contributed by atoms with E-state index >= 15 is 0 Å². The fourth-order valence-corrected chi connectivity index (χ4v) is 3.03. The molecule has 0 saturated carbocycles. The molecule has 1 aromatic carbocycles. The second-order valence-corrected chi connectivity index (χ2v) is 7.65. The zero-order chi connectivity index (χ0) is 17.7. The summed E-state index contributed by atoms with van der Waals surface area (Å²) in [5.41, 5.74) is 2.15. The van der Waals surface area contributed by atoms with Crippen LogP contribution < -0.4 is 10.2 Å². The van der Waals surface area contributed by atoms with Crippen molar-refractivity contribution in [2.45, 2.75) is 33.1 Å². The Bertz CT molecular complexity index is 685. The summed E-state index contributed by atoms with van der Waals surface area (Å²) >= 11 is 1.40. The Morgan fingerprint density at radius 3 is 2.29 bits per heavy atom. The molecule has 0 radical (unpaired) electrons. The Morgan fingerprint density at radius 2 is 1.79 bits per heavy atom. The minimum atomic E-state index is -0.100. The van der Waals surface area contributed by atoms with Gasteiger partial charge in [0.05, 0.1) is 4.88 Å². The molecule has 1 heterocycles. The average Bonchev–Trinajstić information content (AvgIpc) is 3.05. The van der Waals surface area contributed by atoms with Crippen LogP contribution in [-0.4, -0.2) is 24.9 Å². The second-order valence-electron chi connectivity index (χ2n) is 6.70. The summed E-state index contributed by atoms with van der Waals surface area (Å²) in [4.78, 5) is 26.3. The normalized spacial score (nSPS) is 11.2. The Labute approximate surface area is 147 Å². The lowest BCUT2D eigenvalue weighted by Crippen LogP contribution is -2.37. The Morgan fingerprint density at radius 1 is 1.12 bits per heavy atom. The number of amides is 2. The Hall–Kier alpha value is -2.14. The van der Waals surface area contributed by atoms with Crippen molar-refractivity contribution < 1.29 is 9.59 Å². The van der Waals surface area contributed by atoms with Gasteiger partial charge in [0.15, 0.2) is 0 Å². The number of hydrogen-bond donors (Lipinski definition) is 1. The average molecular weight is 344 g/mol. The summed E-state index contributed by atoms with van der Waals surface area (Å²) in [5.74, 6) is -0.138. The van der Waals surface area contributed by atoms with E-state index in [2.05, 4.69) is 38.2 Å². The largest absolute Gasteiger partial charge is 0.350 e. The van der Waals surface area contributed by atoms with Gasteiger partial charge in [-0.05, 0) is 34.6 Å². The SMILES string of the molecule is CC(=O)N(CCNC(=O)c1cccs1)c1ccc(C(C)(C)C)cc1. The Balaban J connectivity index is 1.99. The number of carbonyl (C=O) groups excluding carboxylic acids is 2. The first kappa shape index (κ1) is 18.2. The number of nitrogens with zero attached hydrogens (tertiary/aromatic N) is 1. The van der Waals surface area contributed by atoms with E-state index in [4.69, 9.17) is 0 Å². The van der Waals surface area contributed by atoms with E-state index in [9.17, 15) is 9.59 Å². The summed E-state index contributed by atoms with van der Waals surface area (Å²) in [7, 11) is 0. The highest BCUT2D eigenvalue weighted by Gasteiger charge is 2.16. The van der Waals surface area contributed by atoms with Crippen molar-refractivity contribution in [3.63, 3.8) is 0 Å². The molecule has 128 valence electrons. The van der Waals surface area contributed by atoms with Crippen molar-refractivity contribution in [2.75, 3.05) is 18.0 Å². The zero-order valence-electron chi connectivity index (χ0n) is 14.6. The molecule has 24 heavy (non-hydrogen) atoms. The number of carbonyl (C=O) groups is 2. The van der Waals surface area contributed by atoms with Gasteiger partial charge in [0, 0.05) is 25.7 Å². The molecule has 0 bridgehead atoms. The first-order valence-corrected chi connectivity index (χ1v) is 8.87. The fourth-order valence-electron chi connectivity index (χ4n) is 2.39. The maximum atomic E-state index is 11.9. The van der Waals surface area contributed by atoms with Crippen molar-refractivity contribution in [3.8, 4) is 0 Å². The summed E-state index contributed by atoms with van der Waals surface area (Å²) in [6.07, 6.45) is 0. The van der Waals surface area contributed by atoms with Gasteiger partial charge in [-0.2, -0.15) is 0 Å². The molecule has 0 saturated heterocycles. The van der Waals surface area contributed by atoms with Crippen LogP contribution in [0.1, 0.15) is 42.9 Å². The van der Waals surface area contributed by atoms with Crippen LogP contribution in [0.15, 0.2) is 41.8 Å². The van der Waals surface area contributed by atoms with Crippen LogP contribution in [0.25, 0.3) is 0 Å². The quantitative estimate of drug-likeness (QED) is 0.896. The van der Waals surface area contributed by atoms with Crippen molar-refractivity contribution in [1.29, 1.82) is 0 Å². The van der Waals surface area contributed by atoms with Gasteiger partial charge in [0.25, 0.3) is 5.91 Å². The summed E-state index contributed by atoms with van der Waals surface area (Å²) in [5, 5.41) is 4.72. The third kappa shape index (κ3) is 4.68. The van der Waals surface area contributed by atoms with E-state index in [0.29, 0.717) is 18.0 Å². The Kier molecular flexibility index (Phi) is 5.78. The van der Waals surface area contributed by atoms with Gasteiger partial charge in [-0.15, -0.1) is 11.3 Å². The van der Waals surface area contributed by atoms with Gasteiger partial charge >= 0.3 is 0 Å². The molecule has 2 aromatic rings. The van der Waals surface area contributed by atoms with E-state index in [-0.39, 0.29) is 17.2 Å². The number of benzene rings is 1. The van der Waals surface area contributed by atoms with Crippen LogP contribution in [0.4, 0.5) is 5.69 Å². The molecular formula is C19H24N2O2S. The van der Waals surface area contributed by atoms with Crippen molar-refractivity contribution >= 4 is 28.8 Å². The zero-order valence-corrected chi connectivity index (χ0v) is 15.4. The van der Waals surface area contributed by atoms with Crippen LogP contribution in [0, 0.1) is 0 Å². The van der Waals surface area contributed by atoms with Gasteiger partial charge in [-0.1, -0.05) is 39.0 Å². The molecule has 0 unspecified atom stereocenters. The van der Waals surface area contributed by atoms with Crippen LogP contribution in [0.3, 0.4) is 0 Å². The molecular weight excluding hydrogens is 320 g/mol. The first-order chi connectivity index (χ1) is 11.3. The molecule has 0 aliphatic carbocycles. The van der Waals surface area contributed by atoms with Gasteiger partial charge in [-0.3, -0.25) is 9.59 Å². The highest BCUT2D eigenvalue weighted by molar-refractivity contribution is 7.12. The van der Waals surface area contributed by atoms with Crippen molar-refractivity contribution in [1.82, 2.24) is 5.32 Å². The van der Waals surface area contributed by atoms with E-state index in [0.717, 1.165) is 5.69 Å². The van der Waals surface area contributed by atoms with Gasteiger partial charge < -0.3 is 10.2 Å². The van der Waals surface area contributed by atoms with Crippen molar-refractivity contribution in [2.24, 2.45) is 0 Å². The maximum Gasteiger partial charge on any atom is 0.261 e. The van der Waals surface area contributed by atoms with Crippen LogP contribution in [0.2, 0.25) is 0 Å². The molecule has 0 spiro atoms. The molecule has 1 N–H and O–H groups in total. The van der Waals surface area contributed by atoms with E-state index in [1.54, 1.807) is 17.9 Å². The summed E-state index contributed by atoms with van der Waals surface area (Å²) < 4.78 is 0. The smallest absolute Gasteiger partial charge is 0.261 e. The van der Waals surface area contributed by atoms with Gasteiger partial charge in [0.1, 0.15) is 0 Å². The van der Waals surface area contributed by atoms with Gasteiger partial charge in [-0.25, -0.2) is 0 Å². The summed E-state index contributed by atoms with van der Waals surface area (Å²) in [6.45, 7) is 8.87. The lowest BCUT2D eigenvalue weighted by atomic mass is 9.87. The van der Waals surface area contributed by atoms with E-state index in [1.165, 1.54) is 16.9 Å². The maximum absolute atomic E-state index is 11.9.